The van der Waals surface area contributed by atoms with Crippen molar-refractivity contribution in [2.45, 2.75) is 6.92 Å². The van der Waals surface area contributed by atoms with Gasteiger partial charge in [-0.2, -0.15) is 0 Å². The highest BCUT2D eigenvalue weighted by molar-refractivity contribution is 5.93. The van der Waals surface area contributed by atoms with Gasteiger partial charge in [0.25, 0.3) is 0 Å². The molecule has 0 fully saturated rings. The average Bonchev–Trinajstić information content (AvgIpc) is 2.67. The molecule has 0 aliphatic heterocycles. The Balaban J connectivity index is 1.67. The molecule has 0 aliphatic carbocycles. The summed E-state index contributed by atoms with van der Waals surface area (Å²) < 4.78 is 13.1. The van der Waals surface area contributed by atoms with Crippen LogP contribution in [-0.4, -0.2) is 15.0 Å². The second kappa shape index (κ2) is 6.87. The number of hydrogen-bond acceptors (Lipinski definition) is 6. The van der Waals surface area contributed by atoms with Crippen LogP contribution >= 0.6 is 0 Å². The topological polar surface area (TPSA) is 88.8 Å². The molecule has 4 aromatic rings. The first kappa shape index (κ1) is 16.7. The van der Waals surface area contributed by atoms with Crippen LogP contribution in [0.1, 0.15) is 5.69 Å². The minimum absolute atomic E-state index is 0.308. The zero-order chi connectivity index (χ0) is 18.8. The molecule has 27 heavy (non-hydrogen) atoms. The van der Waals surface area contributed by atoms with Gasteiger partial charge in [-0.25, -0.2) is 14.4 Å². The van der Waals surface area contributed by atoms with Gasteiger partial charge in [0.2, 0.25) is 0 Å². The third-order valence-corrected chi connectivity index (χ3v) is 4.10. The number of nitrogens with zero attached hydrogens (tertiary/aromatic N) is 3. The third-order valence-electron chi connectivity index (χ3n) is 4.10. The van der Waals surface area contributed by atoms with Crippen molar-refractivity contribution in [2.24, 2.45) is 0 Å². The van der Waals surface area contributed by atoms with Crippen LogP contribution in [0.3, 0.4) is 0 Å². The average molecular weight is 360 g/mol. The molecule has 2 aromatic carbocycles. The van der Waals surface area contributed by atoms with Crippen LogP contribution < -0.4 is 16.4 Å². The number of halogens is 1. The highest BCUT2D eigenvalue weighted by atomic mass is 19.1. The number of rotatable bonds is 4. The molecule has 0 unspecified atom stereocenters. The highest BCUT2D eigenvalue weighted by Gasteiger charge is 2.11. The number of hydrogen-bond donors (Lipinski definition) is 3. The molecule has 0 aliphatic rings. The number of nitrogens with one attached hydrogen (secondary N) is 2. The number of pyridine rings is 1. The standard InChI is InChI=1S/C20H17FN6/c1-12-5-6-13-3-2-4-16(18(13)25-12)27-20-17(22)19(23-11-24-20)26-15-9-7-14(21)8-10-15/h2-11H,22H2,1H3,(H2,23,24,26,27). The summed E-state index contributed by atoms with van der Waals surface area (Å²) in [6.45, 7) is 1.94. The first-order valence-corrected chi connectivity index (χ1v) is 8.36. The fraction of sp³-hybridized carbons (Fsp3) is 0.0500. The minimum Gasteiger partial charge on any atom is -0.393 e. The Bertz CT molecular complexity index is 1110. The predicted molar refractivity (Wildman–Crippen MR) is 106 cm³/mol. The Hall–Kier alpha value is -3.74. The van der Waals surface area contributed by atoms with Crippen LogP contribution in [0, 0.1) is 12.7 Å². The predicted octanol–water partition coefficient (Wildman–Crippen LogP) is 4.54. The molecule has 2 heterocycles. The number of aromatic nitrogens is 3. The third kappa shape index (κ3) is 3.48. The lowest BCUT2D eigenvalue weighted by atomic mass is 10.1. The SMILES string of the molecule is Cc1ccc2cccc(Nc3ncnc(Nc4ccc(F)cc4)c3N)c2n1. The van der Waals surface area contributed by atoms with Crippen molar-refractivity contribution in [3.05, 3.63) is 72.4 Å². The number of nitrogens with two attached hydrogens (primary N) is 1. The van der Waals surface area contributed by atoms with Crippen molar-refractivity contribution >= 4 is 39.6 Å². The lowest BCUT2D eigenvalue weighted by Crippen LogP contribution is -2.05. The molecule has 0 saturated carbocycles. The van der Waals surface area contributed by atoms with E-state index in [4.69, 9.17) is 5.73 Å². The van der Waals surface area contributed by atoms with Crippen molar-refractivity contribution < 1.29 is 4.39 Å². The Morgan fingerprint density at radius 2 is 1.63 bits per heavy atom. The van der Waals surface area contributed by atoms with Gasteiger partial charge >= 0.3 is 0 Å². The van der Waals surface area contributed by atoms with Crippen LogP contribution in [0.2, 0.25) is 0 Å². The summed E-state index contributed by atoms with van der Waals surface area (Å²) in [6.07, 6.45) is 1.41. The molecule has 0 bridgehead atoms. The van der Waals surface area contributed by atoms with E-state index in [9.17, 15) is 4.39 Å². The van der Waals surface area contributed by atoms with E-state index >= 15 is 0 Å². The van der Waals surface area contributed by atoms with E-state index < -0.39 is 0 Å². The van der Waals surface area contributed by atoms with Crippen LogP contribution in [0.4, 0.5) is 33.1 Å². The van der Waals surface area contributed by atoms with Gasteiger partial charge in [0.15, 0.2) is 11.6 Å². The molecular formula is C20H17FN6. The second-order valence-corrected chi connectivity index (χ2v) is 6.07. The molecule has 134 valence electrons. The van der Waals surface area contributed by atoms with Gasteiger partial charge in [0, 0.05) is 16.8 Å². The summed E-state index contributed by atoms with van der Waals surface area (Å²) >= 11 is 0. The monoisotopic (exact) mass is 360 g/mol. The van der Waals surface area contributed by atoms with Crippen molar-refractivity contribution in [3.8, 4) is 0 Å². The van der Waals surface area contributed by atoms with Gasteiger partial charge in [-0.15, -0.1) is 0 Å². The Kier molecular flexibility index (Phi) is 4.25. The normalized spacial score (nSPS) is 10.7. The van der Waals surface area contributed by atoms with Gasteiger partial charge in [-0.05, 0) is 43.3 Å². The summed E-state index contributed by atoms with van der Waals surface area (Å²) in [4.78, 5) is 13.0. The number of nitrogen functional groups attached to an aromatic ring is 1. The van der Waals surface area contributed by atoms with Gasteiger partial charge in [0.05, 0.1) is 11.2 Å². The van der Waals surface area contributed by atoms with Gasteiger partial charge < -0.3 is 16.4 Å². The van der Waals surface area contributed by atoms with Crippen LogP contribution in [0.15, 0.2) is 60.9 Å². The fourth-order valence-corrected chi connectivity index (χ4v) is 2.74. The zero-order valence-corrected chi connectivity index (χ0v) is 14.6. The summed E-state index contributed by atoms with van der Waals surface area (Å²) in [5.41, 5.74) is 9.83. The maximum atomic E-state index is 13.1. The number of benzene rings is 2. The number of para-hydroxylation sites is 1. The number of fused-ring (bicyclic) bond motifs is 1. The molecule has 4 N–H and O–H groups in total. The maximum absolute atomic E-state index is 13.1. The van der Waals surface area contributed by atoms with Crippen molar-refractivity contribution in [1.29, 1.82) is 0 Å². The lowest BCUT2D eigenvalue weighted by Gasteiger charge is -2.13. The van der Waals surface area contributed by atoms with E-state index in [1.807, 2.05) is 37.3 Å². The van der Waals surface area contributed by atoms with E-state index in [1.54, 1.807) is 12.1 Å². The van der Waals surface area contributed by atoms with Crippen molar-refractivity contribution in [3.63, 3.8) is 0 Å². The zero-order valence-electron chi connectivity index (χ0n) is 14.6. The second-order valence-electron chi connectivity index (χ2n) is 6.07. The molecule has 0 spiro atoms. The fourth-order valence-electron chi connectivity index (χ4n) is 2.74. The molecule has 0 atom stereocenters. The van der Waals surface area contributed by atoms with Crippen molar-refractivity contribution in [2.75, 3.05) is 16.4 Å². The minimum atomic E-state index is -0.308. The Labute approximate surface area is 155 Å². The van der Waals surface area contributed by atoms with E-state index in [0.717, 1.165) is 22.3 Å². The van der Waals surface area contributed by atoms with E-state index in [1.165, 1.54) is 18.5 Å². The maximum Gasteiger partial charge on any atom is 0.159 e. The molecule has 0 amide bonds. The summed E-state index contributed by atoms with van der Waals surface area (Å²) in [5.74, 6) is 0.589. The molecule has 7 heteroatoms. The Morgan fingerprint density at radius 3 is 2.41 bits per heavy atom. The first-order chi connectivity index (χ1) is 13.1. The largest absolute Gasteiger partial charge is 0.393 e. The van der Waals surface area contributed by atoms with Gasteiger partial charge in [0.1, 0.15) is 17.8 Å². The quantitative estimate of drug-likeness (QED) is 0.495. The Morgan fingerprint density at radius 1 is 0.889 bits per heavy atom. The molecular weight excluding hydrogens is 343 g/mol. The van der Waals surface area contributed by atoms with Crippen LogP contribution in [-0.2, 0) is 0 Å². The number of anilines is 5. The molecule has 0 saturated heterocycles. The summed E-state index contributed by atoms with van der Waals surface area (Å²) in [5, 5.41) is 7.33. The lowest BCUT2D eigenvalue weighted by molar-refractivity contribution is 0.628. The van der Waals surface area contributed by atoms with E-state index in [2.05, 4.69) is 25.6 Å². The van der Waals surface area contributed by atoms with Crippen LogP contribution in [0.5, 0.6) is 0 Å². The van der Waals surface area contributed by atoms with Gasteiger partial charge in [-0.1, -0.05) is 18.2 Å². The highest BCUT2D eigenvalue weighted by Crippen LogP contribution is 2.30. The van der Waals surface area contributed by atoms with Crippen molar-refractivity contribution in [1.82, 2.24) is 15.0 Å². The van der Waals surface area contributed by atoms with E-state index in [-0.39, 0.29) is 5.82 Å². The van der Waals surface area contributed by atoms with Gasteiger partial charge in [-0.3, -0.25) is 4.98 Å². The first-order valence-electron chi connectivity index (χ1n) is 8.36. The molecule has 6 nitrogen and oxygen atoms in total. The number of aryl methyl sites for hydroxylation is 1. The van der Waals surface area contributed by atoms with E-state index in [0.29, 0.717) is 23.0 Å². The molecule has 0 radical (unpaired) electrons. The smallest absolute Gasteiger partial charge is 0.159 e. The molecule has 4 rings (SSSR count). The summed E-state index contributed by atoms with van der Waals surface area (Å²) in [7, 11) is 0. The van der Waals surface area contributed by atoms with Crippen LogP contribution in [0.25, 0.3) is 10.9 Å². The molecule has 2 aromatic heterocycles. The summed E-state index contributed by atoms with van der Waals surface area (Å²) in [6, 6.07) is 15.8.